The molecule has 2 aromatic heterocycles. The molecule has 0 aliphatic carbocycles. The number of hydrogen-bond donors (Lipinski definition) is 1. The van der Waals surface area contributed by atoms with Gasteiger partial charge in [0.15, 0.2) is 0 Å². The van der Waals surface area contributed by atoms with Crippen LogP contribution in [0.5, 0.6) is 0 Å². The zero-order chi connectivity index (χ0) is 17.1. The number of carbonyl (C=O) groups excluding carboxylic acids is 1. The molecule has 0 spiro atoms. The van der Waals surface area contributed by atoms with Crippen LogP contribution in [0.4, 0.5) is 0 Å². The first-order valence-electron chi connectivity index (χ1n) is 8.46. The highest BCUT2D eigenvalue weighted by Crippen LogP contribution is 2.33. The highest BCUT2D eigenvalue weighted by Gasteiger charge is 2.36. The Morgan fingerprint density at radius 3 is 2.92 bits per heavy atom. The summed E-state index contributed by atoms with van der Waals surface area (Å²) < 4.78 is 1.76. The molecule has 1 fully saturated rings. The summed E-state index contributed by atoms with van der Waals surface area (Å²) in [5.41, 5.74) is 6.63. The van der Waals surface area contributed by atoms with Gasteiger partial charge in [-0.15, -0.1) is 11.3 Å². The zero-order valence-corrected chi connectivity index (χ0v) is 14.9. The minimum atomic E-state index is -0.000777. The summed E-state index contributed by atoms with van der Waals surface area (Å²) in [6.45, 7) is 6.71. The predicted molar refractivity (Wildman–Crippen MR) is 94.6 cm³/mol. The molecule has 24 heavy (non-hydrogen) atoms. The number of amides is 1. The Kier molecular flexibility index (Phi) is 3.54. The van der Waals surface area contributed by atoms with Crippen LogP contribution in [0.25, 0.3) is 10.2 Å². The van der Waals surface area contributed by atoms with Crippen molar-refractivity contribution in [1.82, 2.24) is 14.5 Å². The Labute approximate surface area is 144 Å². The van der Waals surface area contributed by atoms with Gasteiger partial charge < -0.3 is 10.6 Å². The number of rotatable bonds is 2. The van der Waals surface area contributed by atoms with E-state index in [1.54, 1.807) is 4.57 Å². The molecule has 4 heterocycles. The minimum absolute atomic E-state index is 0.000777. The second-order valence-electron chi connectivity index (χ2n) is 7.32. The molecule has 0 radical (unpaired) electrons. The predicted octanol–water partition coefficient (Wildman–Crippen LogP) is 1.52. The minimum Gasteiger partial charge on any atom is -0.337 e. The van der Waals surface area contributed by atoms with Crippen molar-refractivity contribution in [2.75, 3.05) is 19.6 Å². The lowest BCUT2D eigenvalue weighted by atomic mass is 9.90. The molecule has 1 atom stereocenters. The Morgan fingerprint density at radius 2 is 2.21 bits per heavy atom. The lowest BCUT2D eigenvalue weighted by Gasteiger charge is -2.22. The molecule has 1 saturated heterocycles. The van der Waals surface area contributed by atoms with Crippen LogP contribution in [0.2, 0.25) is 0 Å². The van der Waals surface area contributed by atoms with Gasteiger partial charge in [-0.2, -0.15) is 0 Å². The summed E-state index contributed by atoms with van der Waals surface area (Å²) in [6.07, 6.45) is 2.73. The molecule has 128 valence electrons. The smallest absolute Gasteiger partial charge is 0.264 e. The standard InChI is InChI=1S/C17H22N4O2S/c1-10-12-14(19-11-4-3-6-21(11)15(12)22)24-13(10)16(23)20-7-5-17(2,8-18)9-20/h3-9,18H2,1-2H3. The van der Waals surface area contributed by atoms with Crippen LogP contribution in [-0.2, 0) is 13.0 Å². The Bertz CT molecular complexity index is 900. The van der Waals surface area contributed by atoms with Crippen molar-refractivity contribution in [2.45, 2.75) is 39.7 Å². The van der Waals surface area contributed by atoms with Crippen LogP contribution >= 0.6 is 11.3 Å². The summed E-state index contributed by atoms with van der Waals surface area (Å²) in [4.78, 5) is 33.6. The van der Waals surface area contributed by atoms with Crippen LogP contribution < -0.4 is 11.3 Å². The van der Waals surface area contributed by atoms with Crippen LogP contribution in [0.3, 0.4) is 0 Å². The maximum absolute atomic E-state index is 13.0. The van der Waals surface area contributed by atoms with Gasteiger partial charge in [0.05, 0.1) is 10.3 Å². The van der Waals surface area contributed by atoms with Crippen molar-refractivity contribution in [3.63, 3.8) is 0 Å². The van der Waals surface area contributed by atoms with Gasteiger partial charge in [0.1, 0.15) is 10.7 Å². The van der Waals surface area contributed by atoms with Crippen LogP contribution in [-0.4, -0.2) is 40.0 Å². The summed E-state index contributed by atoms with van der Waals surface area (Å²) in [5.74, 6) is 0.863. The van der Waals surface area contributed by atoms with Crippen molar-refractivity contribution in [3.8, 4) is 0 Å². The number of fused-ring (bicyclic) bond motifs is 2. The fourth-order valence-corrected chi connectivity index (χ4v) is 4.95. The molecule has 6 nitrogen and oxygen atoms in total. The average Bonchev–Trinajstić information content (AvgIpc) is 3.25. The second kappa shape index (κ2) is 5.39. The van der Waals surface area contributed by atoms with Gasteiger partial charge in [0.2, 0.25) is 0 Å². The van der Waals surface area contributed by atoms with Crippen molar-refractivity contribution < 1.29 is 4.79 Å². The molecule has 7 heteroatoms. The van der Waals surface area contributed by atoms with E-state index < -0.39 is 0 Å². The number of aryl methyl sites for hydroxylation is 2. The monoisotopic (exact) mass is 346 g/mol. The average molecular weight is 346 g/mol. The molecule has 2 aliphatic rings. The van der Waals surface area contributed by atoms with Crippen LogP contribution in [0.1, 0.15) is 40.8 Å². The number of nitrogens with zero attached hydrogens (tertiary/aromatic N) is 3. The van der Waals surface area contributed by atoms with E-state index in [0.29, 0.717) is 28.2 Å². The molecule has 0 aromatic carbocycles. The van der Waals surface area contributed by atoms with Crippen molar-refractivity contribution >= 4 is 27.5 Å². The maximum atomic E-state index is 13.0. The summed E-state index contributed by atoms with van der Waals surface area (Å²) >= 11 is 1.36. The van der Waals surface area contributed by atoms with E-state index in [2.05, 4.69) is 11.9 Å². The molecule has 2 aromatic rings. The van der Waals surface area contributed by atoms with Gasteiger partial charge in [0, 0.05) is 26.1 Å². The number of likely N-dealkylation sites (tertiary alicyclic amines) is 1. The molecule has 2 N–H and O–H groups in total. The Morgan fingerprint density at radius 1 is 1.42 bits per heavy atom. The molecule has 4 rings (SSSR count). The molecule has 0 bridgehead atoms. The fourth-order valence-electron chi connectivity index (χ4n) is 3.79. The van der Waals surface area contributed by atoms with Gasteiger partial charge >= 0.3 is 0 Å². The molecule has 1 unspecified atom stereocenters. The van der Waals surface area contributed by atoms with E-state index in [1.807, 2.05) is 11.8 Å². The summed E-state index contributed by atoms with van der Waals surface area (Å²) in [7, 11) is 0. The zero-order valence-electron chi connectivity index (χ0n) is 14.1. The molecule has 2 aliphatic heterocycles. The normalized spacial score (nSPS) is 23.2. The third-order valence-corrected chi connectivity index (χ3v) is 6.62. The first-order chi connectivity index (χ1) is 11.4. The quantitative estimate of drug-likeness (QED) is 0.894. The van der Waals surface area contributed by atoms with Gasteiger partial charge in [0.25, 0.3) is 11.5 Å². The van der Waals surface area contributed by atoms with Gasteiger partial charge in [-0.25, -0.2) is 4.98 Å². The van der Waals surface area contributed by atoms with Crippen LogP contribution in [0, 0.1) is 12.3 Å². The van der Waals surface area contributed by atoms with Gasteiger partial charge in [-0.05, 0) is 37.3 Å². The first kappa shape index (κ1) is 15.8. The second-order valence-corrected chi connectivity index (χ2v) is 8.32. The van der Waals surface area contributed by atoms with E-state index in [9.17, 15) is 9.59 Å². The third kappa shape index (κ3) is 2.22. The molecular formula is C17H22N4O2S. The van der Waals surface area contributed by atoms with E-state index in [0.717, 1.165) is 43.7 Å². The van der Waals surface area contributed by atoms with E-state index in [-0.39, 0.29) is 16.9 Å². The van der Waals surface area contributed by atoms with E-state index in [1.165, 1.54) is 11.3 Å². The van der Waals surface area contributed by atoms with Crippen LogP contribution in [0.15, 0.2) is 4.79 Å². The highest BCUT2D eigenvalue weighted by atomic mass is 32.1. The molecule has 0 saturated carbocycles. The lowest BCUT2D eigenvalue weighted by molar-refractivity contribution is 0.0781. The Hall–Kier alpha value is -1.73. The lowest BCUT2D eigenvalue weighted by Crippen LogP contribution is -2.34. The first-order valence-corrected chi connectivity index (χ1v) is 9.27. The van der Waals surface area contributed by atoms with Gasteiger partial charge in [-0.3, -0.25) is 14.2 Å². The third-order valence-electron chi connectivity index (χ3n) is 5.44. The fraction of sp³-hybridized carbons (Fsp3) is 0.588. The highest BCUT2D eigenvalue weighted by molar-refractivity contribution is 7.20. The number of nitrogens with two attached hydrogens (primary N) is 1. The maximum Gasteiger partial charge on any atom is 0.264 e. The number of aromatic nitrogens is 2. The van der Waals surface area contributed by atoms with E-state index >= 15 is 0 Å². The number of thiophene rings is 1. The van der Waals surface area contributed by atoms with E-state index in [4.69, 9.17) is 5.73 Å². The molecular weight excluding hydrogens is 324 g/mol. The number of carbonyl (C=O) groups is 1. The van der Waals surface area contributed by atoms with Crippen molar-refractivity contribution in [2.24, 2.45) is 11.1 Å². The van der Waals surface area contributed by atoms with Crippen molar-refractivity contribution in [1.29, 1.82) is 0 Å². The number of hydrogen-bond acceptors (Lipinski definition) is 5. The largest absolute Gasteiger partial charge is 0.337 e. The summed E-state index contributed by atoms with van der Waals surface area (Å²) in [5, 5.41) is 0.620. The molecule has 1 amide bonds. The Balaban J connectivity index is 1.76. The summed E-state index contributed by atoms with van der Waals surface area (Å²) in [6, 6.07) is 0. The van der Waals surface area contributed by atoms with Gasteiger partial charge in [-0.1, -0.05) is 6.92 Å². The topological polar surface area (TPSA) is 81.2 Å². The van der Waals surface area contributed by atoms with Crippen molar-refractivity contribution in [3.05, 3.63) is 26.6 Å². The SMILES string of the molecule is Cc1c(C(=O)N2CCC(C)(CN)C2)sc2nc3n(c(=O)c12)CCC3.